The molecule has 1 saturated heterocycles. The summed E-state index contributed by atoms with van der Waals surface area (Å²) in [6.07, 6.45) is 1.85. The number of nitrogens with zero attached hydrogens (tertiary/aromatic N) is 2. The van der Waals surface area contributed by atoms with E-state index in [0.29, 0.717) is 18.4 Å². The van der Waals surface area contributed by atoms with Crippen molar-refractivity contribution < 1.29 is 9.32 Å². The molecule has 1 fully saturated rings. The smallest absolute Gasteiger partial charge is 0.237 e. The van der Waals surface area contributed by atoms with Crippen molar-refractivity contribution >= 4 is 17.2 Å². The Morgan fingerprint density at radius 3 is 2.73 bits per heavy atom. The summed E-state index contributed by atoms with van der Waals surface area (Å²) >= 11 is 1.64. The Labute approximate surface area is 159 Å². The number of nitrogens with one attached hydrogen (secondary N) is 1. The molecule has 0 radical (unpaired) electrons. The van der Waals surface area contributed by atoms with Crippen molar-refractivity contribution in [2.45, 2.75) is 59.2 Å². The predicted octanol–water partition coefficient (Wildman–Crippen LogP) is 4.16. The van der Waals surface area contributed by atoms with Gasteiger partial charge in [0.05, 0.1) is 16.6 Å². The Morgan fingerprint density at radius 2 is 2.08 bits per heavy atom. The third-order valence-corrected chi connectivity index (χ3v) is 5.57. The fraction of sp³-hybridized carbons (Fsp3) is 0.600. The maximum absolute atomic E-state index is 12.7. The molecule has 6 heteroatoms. The Morgan fingerprint density at radius 1 is 1.31 bits per heavy atom. The SMILES string of the molecule is CC(C)CC1CN(Cc2cc(-c3cccs3)on2)C(CC(C)C)C(=O)N1. The molecule has 5 nitrogen and oxygen atoms in total. The van der Waals surface area contributed by atoms with Gasteiger partial charge in [0.1, 0.15) is 0 Å². The summed E-state index contributed by atoms with van der Waals surface area (Å²) in [5.41, 5.74) is 0.889. The van der Waals surface area contributed by atoms with Crippen LogP contribution < -0.4 is 5.32 Å². The average molecular weight is 376 g/mol. The molecule has 1 amide bonds. The van der Waals surface area contributed by atoms with Gasteiger partial charge in [-0.1, -0.05) is 38.9 Å². The second kappa shape index (κ2) is 8.35. The molecular weight excluding hydrogens is 346 g/mol. The number of hydrogen-bond acceptors (Lipinski definition) is 5. The van der Waals surface area contributed by atoms with Gasteiger partial charge in [0.2, 0.25) is 5.91 Å². The number of aromatic nitrogens is 1. The minimum absolute atomic E-state index is 0.0969. The zero-order valence-corrected chi connectivity index (χ0v) is 16.9. The summed E-state index contributed by atoms with van der Waals surface area (Å²) < 4.78 is 5.52. The molecule has 2 unspecified atom stereocenters. The van der Waals surface area contributed by atoms with Crippen molar-refractivity contribution in [3.8, 4) is 10.6 Å². The molecule has 2 atom stereocenters. The summed E-state index contributed by atoms with van der Waals surface area (Å²) in [6.45, 7) is 10.2. The van der Waals surface area contributed by atoms with Gasteiger partial charge in [0.25, 0.3) is 0 Å². The fourth-order valence-corrected chi connectivity index (χ4v) is 4.30. The van der Waals surface area contributed by atoms with Crippen molar-refractivity contribution in [1.29, 1.82) is 0 Å². The number of amides is 1. The van der Waals surface area contributed by atoms with E-state index in [0.717, 1.165) is 35.7 Å². The number of hydrogen-bond donors (Lipinski definition) is 1. The van der Waals surface area contributed by atoms with Crippen LogP contribution in [0.5, 0.6) is 0 Å². The molecule has 1 aliphatic rings. The van der Waals surface area contributed by atoms with Crippen LogP contribution in [0, 0.1) is 11.8 Å². The van der Waals surface area contributed by atoms with E-state index in [1.165, 1.54) is 0 Å². The number of carbonyl (C=O) groups excluding carboxylic acids is 1. The number of carbonyl (C=O) groups is 1. The third kappa shape index (κ3) is 4.74. The number of piperazine rings is 1. The lowest BCUT2D eigenvalue weighted by atomic mass is 9.95. The highest BCUT2D eigenvalue weighted by Crippen LogP contribution is 2.27. The maximum atomic E-state index is 12.7. The Bertz CT molecular complexity index is 708. The van der Waals surface area contributed by atoms with Crippen LogP contribution in [0.25, 0.3) is 10.6 Å². The summed E-state index contributed by atoms with van der Waals surface area (Å²) in [7, 11) is 0. The molecule has 1 aliphatic heterocycles. The van der Waals surface area contributed by atoms with E-state index in [-0.39, 0.29) is 18.0 Å². The zero-order valence-electron chi connectivity index (χ0n) is 16.1. The van der Waals surface area contributed by atoms with E-state index in [9.17, 15) is 4.79 Å². The van der Waals surface area contributed by atoms with Gasteiger partial charge >= 0.3 is 0 Å². The van der Waals surface area contributed by atoms with E-state index in [1.54, 1.807) is 11.3 Å². The lowest BCUT2D eigenvalue weighted by molar-refractivity contribution is -0.132. The minimum Gasteiger partial charge on any atom is -0.355 e. The van der Waals surface area contributed by atoms with Crippen molar-refractivity contribution in [3.05, 3.63) is 29.3 Å². The molecule has 2 aromatic rings. The third-order valence-electron chi connectivity index (χ3n) is 4.68. The lowest BCUT2D eigenvalue weighted by Crippen LogP contribution is -2.60. The molecule has 0 aliphatic carbocycles. The molecule has 0 bridgehead atoms. The predicted molar refractivity (Wildman–Crippen MR) is 105 cm³/mol. The van der Waals surface area contributed by atoms with E-state index in [4.69, 9.17) is 4.52 Å². The molecule has 1 N–H and O–H groups in total. The minimum atomic E-state index is -0.0969. The second-order valence-electron chi connectivity index (χ2n) is 8.07. The summed E-state index contributed by atoms with van der Waals surface area (Å²) in [4.78, 5) is 16.1. The summed E-state index contributed by atoms with van der Waals surface area (Å²) in [5.74, 6) is 1.98. The maximum Gasteiger partial charge on any atom is 0.237 e. The highest BCUT2D eigenvalue weighted by Gasteiger charge is 2.35. The van der Waals surface area contributed by atoms with E-state index >= 15 is 0 Å². The molecule has 2 aromatic heterocycles. The van der Waals surface area contributed by atoms with Crippen LogP contribution >= 0.6 is 11.3 Å². The first-order valence-corrected chi connectivity index (χ1v) is 10.3. The largest absolute Gasteiger partial charge is 0.355 e. The van der Waals surface area contributed by atoms with Gasteiger partial charge in [-0.3, -0.25) is 9.69 Å². The Hall–Kier alpha value is -1.66. The molecule has 0 aromatic carbocycles. The van der Waals surface area contributed by atoms with Crippen LogP contribution in [-0.2, 0) is 11.3 Å². The van der Waals surface area contributed by atoms with Gasteiger partial charge in [0.15, 0.2) is 5.76 Å². The number of thiophene rings is 1. The van der Waals surface area contributed by atoms with Crippen molar-refractivity contribution in [1.82, 2.24) is 15.4 Å². The monoisotopic (exact) mass is 375 g/mol. The van der Waals surface area contributed by atoms with E-state index in [2.05, 4.69) is 43.1 Å². The Balaban J connectivity index is 1.75. The van der Waals surface area contributed by atoms with E-state index < -0.39 is 0 Å². The summed E-state index contributed by atoms with van der Waals surface area (Å²) in [5, 5.41) is 9.50. The zero-order chi connectivity index (χ0) is 18.7. The van der Waals surface area contributed by atoms with Crippen LogP contribution in [0.3, 0.4) is 0 Å². The van der Waals surface area contributed by atoms with Crippen LogP contribution in [0.2, 0.25) is 0 Å². The number of rotatable bonds is 7. The quantitative estimate of drug-likeness (QED) is 0.789. The lowest BCUT2D eigenvalue weighted by Gasteiger charge is -2.40. The molecule has 142 valence electrons. The molecule has 3 rings (SSSR count). The van der Waals surface area contributed by atoms with Gasteiger partial charge in [-0.15, -0.1) is 11.3 Å². The topological polar surface area (TPSA) is 58.4 Å². The first-order chi connectivity index (χ1) is 12.4. The molecule has 0 saturated carbocycles. The van der Waals surface area contributed by atoms with Gasteiger partial charge in [-0.2, -0.15) is 0 Å². The highest BCUT2D eigenvalue weighted by atomic mass is 32.1. The van der Waals surface area contributed by atoms with Crippen molar-refractivity contribution in [2.75, 3.05) is 6.54 Å². The van der Waals surface area contributed by atoms with Gasteiger partial charge in [0, 0.05) is 25.2 Å². The first kappa shape index (κ1) is 19.1. The van der Waals surface area contributed by atoms with Crippen LogP contribution in [0.1, 0.15) is 46.2 Å². The Kier molecular flexibility index (Phi) is 6.14. The van der Waals surface area contributed by atoms with Gasteiger partial charge in [-0.25, -0.2) is 0 Å². The highest BCUT2D eigenvalue weighted by molar-refractivity contribution is 7.13. The van der Waals surface area contributed by atoms with E-state index in [1.807, 2.05) is 23.6 Å². The normalized spacial score (nSPS) is 21.5. The average Bonchev–Trinajstić information content (AvgIpc) is 3.21. The molecular formula is C20H29N3O2S. The van der Waals surface area contributed by atoms with Crippen LogP contribution in [0.15, 0.2) is 28.1 Å². The van der Waals surface area contributed by atoms with Crippen LogP contribution in [0.4, 0.5) is 0 Å². The molecule has 26 heavy (non-hydrogen) atoms. The molecule has 0 spiro atoms. The van der Waals surface area contributed by atoms with Gasteiger partial charge < -0.3 is 9.84 Å². The fourth-order valence-electron chi connectivity index (χ4n) is 3.63. The standard InChI is InChI=1S/C20H29N3O2S/c1-13(2)8-15-11-23(17(9-14(3)4)20(24)21-15)12-16-10-18(25-22-16)19-6-5-7-26-19/h5-7,10,13-15,17H,8-9,11-12H2,1-4H3,(H,21,24). The van der Waals surface area contributed by atoms with Crippen LogP contribution in [-0.4, -0.2) is 34.6 Å². The summed E-state index contributed by atoms with van der Waals surface area (Å²) in [6, 6.07) is 6.15. The first-order valence-electron chi connectivity index (χ1n) is 9.46. The van der Waals surface area contributed by atoms with Gasteiger partial charge in [-0.05, 0) is 36.1 Å². The van der Waals surface area contributed by atoms with Crippen molar-refractivity contribution in [2.24, 2.45) is 11.8 Å². The second-order valence-corrected chi connectivity index (χ2v) is 9.02. The molecule has 3 heterocycles. The van der Waals surface area contributed by atoms with Crippen molar-refractivity contribution in [3.63, 3.8) is 0 Å².